The monoisotopic (exact) mass is 298 g/mol. The molecule has 1 N–H and O–H groups in total. The molecule has 0 aromatic heterocycles. The Balaban J connectivity index is 2.10. The van der Waals surface area contributed by atoms with Crippen molar-refractivity contribution in [2.45, 2.75) is 26.0 Å². The largest absolute Gasteiger partial charge is 0.439 e. The fourth-order valence-electron chi connectivity index (χ4n) is 2.05. The zero-order valence-corrected chi connectivity index (χ0v) is 12.5. The normalized spacial score (nSPS) is 19.3. The van der Waals surface area contributed by atoms with Crippen molar-refractivity contribution in [1.82, 2.24) is 4.90 Å². The Bertz CT molecular complexity index is 595. The standard InChI is InChI=1S/C13H18N2O4S/c1-9(2)15-8-12(19-13(15)16)10-4-6-11(7-5-10)14-20(3,17)18/h4-7,9,12,14H,8H2,1-3H3. The van der Waals surface area contributed by atoms with E-state index in [-0.39, 0.29) is 18.2 Å². The predicted molar refractivity (Wildman–Crippen MR) is 76.0 cm³/mol. The van der Waals surface area contributed by atoms with Crippen LogP contribution in [0.1, 0.15) is 25.5 Å². The number of hydrogen-bond acceptors (Lipinski definition) is 4. The van der Waals surface area contributed by atoms with E-state index in [1.54, 1.807) is 29.2 Å². The van der Waals surface area contributed by atoms with Crippen molar-refractivity contribution in [3.8, 4) is 0 Å². The molecule has 0 bridgehead atoms. The van der Waals surface area contributed by atoms with Gasteiger partial charge in [0.2, 0.25) is 10.0 Å². The summed E-state index contributed by atoms with van der Waals surface area (Å²) in [6.45, 7) is 4.38. The van der Waals surface area contributed by atoms with Crippen molar-refractivity contribution >= 4 is 21.8 Å². The topological polar surface area (TPSA) is 75.7 Å². The number of nitrogens with zero attached hydrogens (tertiary/aromatic N) is 1. The molecule has 1 unspecified atom stereocenters. The minimum atomic E-state index is -3.28. The third-order valence-electron chi connectivity index (χ3n) is 3.05. The molecule has 1 aliphatic rings. The van der Waals surface area contributed by atoms with Gasteiger partial charge in [-0.3, -0.25) is 4.72 Å². The summed E-state index contributed by atoms with van der Waals surface area (Å²) in [6.07, 6.45) is 0.473. The molecule has 0 saturated carbocycles. The molecule has 1 atom stereocenters. The van der Waals surface area contributed by atoms with Gasteiger partial charge in [0.15, 0.2) is 0 Å². The minimum absolute atomic E-state index is 0.0960. The highest BCUT2D eigenvalue weighted by Gasteiger charge is 2.33. The van der Waals surface area contributed by atoms with Crippen LogP contribution in [-0.2, 0) is 14.8 Å². The van der Waals surface area contributed by atoms with Crippen LogP contribution in [0, 0.1) is 0 Å². The van der Waals surface area contributed by atoms with E-state index in [0.717, 1.165) is 11.8 Å². The van der Waals surface area contributed by atoms with Gasteiger partial charge in [-0.25, -0.2) is 13.2 Å². The SMILES string of the molecule is CC(C)N1CC(c2ccc(NS(C)(=O)=O)cc2)OC1=O. The molecule has 0 aliphatic carbocycles. The van der Waals surface area contributed by atoms with Gasteiger partial charge in [0.05, 0.1) is 12.8 Å². The van der Waals surface area contributed by atoms with Gasteiger partial charge >= 0.3 is 6.09 Å². The third-order valence-corrected chi connectivity index (χ3v) is 3.66. The number of cyclic esters (lactones) is 1. The smallest absolute Gasteiger partial charge is 0.410 e. The molecule has 0 radical (unpaired) electrons. The van der Waals surface area contributed by atoms with Crippen LogP contribution in [0.2, 0.25) is 0 Å². The molecule has 1 aliphatic heterocycles. The number of amides is 1. The van der Waals surface area contributed by atoms with E-state index >= 15 is 0 Å². The molecule has 6 nitrogen and oxygen atoms in total. The second kappa shape index (κ2) is 5.32. The summed E-state index contributed by atoms with van der Waals surface area (Å²) < 4.78 is 29.9. The lowest BCUT2D eigenvalue weighted by molar-refractivity contribution is 0.130. The van der Waals surface area contributed by atoms with Gasteiger partial charge < -0.3 is 9.64 Å². The average molecular weight is 298 g/mol. The van der Waals surface area contributed by atoms with Crippen molar-refractivity contribution in [3.05, 3.63) is 29.8 Å². The van der Waals surface area contributed by atoms with Crippen molar-refractivity contribution in [2.24, 2.45) is 0 Å². The van der Waals surface area contributed by atoms with E-state index in [1.807, 2.05) is 13.8 Å². The first-order valence-electron chi connectivity index (χ1n) is 6.31. The van der Waals surface area contributed by atoms with Crippen LogP contribution < -0.4 is 4.72 Å². The van der Waals surface area contributed by atoms with E-state index in [4.69, 9.17) is 4.74 Å². The van der Waals surface area contributed by atoms with Gasteiger partial charge in [0, 0.05) is 11.7 Å². The molecule has 1 heterocycles. The molecule has 7 heteroatoms. The highest BCUT2D eigenvalue weighted by atomic mass is 32.2. The van der Waals surface area contributed by atoms with Gasteiger partial charge in [-0.1, -0.05) is 12.1 Å². The number of sulfonamides is 1. The van der Waals surface area contributed by atoms with Crippen LogP contribution in [-0.4, -0.2) is 38.3 Å². The number of carbonyl (C=O) groups is 1. The Kier molecular flexibility index (Phi) is 3.89. The Labute approximate surface area is 118 Å². The van der Waals surface area contributed by atoms with Gasteiger partial charge in [-0.2, -0.15) is 0 Å². The van der Waals surface area contributed by atoms with Crippen LogP contribution in [0.15, 0.2) is 24.3 Å². The van der Waals surface area contributed by atoms with Gasteiger partial charge in [0.1, 0.15) is 6.10 Å². The predicted octanol–water partition coefficient (Wildman–Crippen LogP) is 1.96. The number of hydrogen-bond donors (Lipinski definition) is 1. The molecule has 20 heavy (non-hydrogen) atoms. The maximum absolute atomic E-state index is 11.7. The molecule has 1 fully saturated rings. The van der Waals surface area contributed by atoms with E-state index < -0.39 is 10.0 Å². The first-order chi connectivity index (χ1) is 9.26. The summed E-state index contributed by atoms with van der Waals surface area (Å²) in [5.41, 5.74) is 1.34. The Hall–Kier alpha value is -1.76. The first-order valence-corrected chi connectivity index (χ1v) is 8.20. The lowest BCUT2D eigenvalue weighted by Gasteiger charge is -2.16. The molecular weight excluding hydrogens is 280 g/mol. The highest BCUT2D eigenvalue weighted by Crippen LogP contribution is 2.28. The van der Waals surface area contributed by atoms with Crippen LogP contribution in [0.3, 0.4) is 0 Å². The van der Waals surface area contributed by atoms with Crippen molar-refractivity contribution in [2.75, 3.05) is 17.5 Å². The lowest BCUT2D eigenvalue weighted by atomic mass is 10.1. The fraction of sp³-hybridized carbons (Fsp3) is 0.462. The molecule has 1 saturated heterocycles. The van der Waals surface area contributed by atoms with Crippen molar-refractivity contribution in [1.29, 1.82) is 0 Å². The quantitative estimate of drug-likeness (QED) is 0.922. The molecule has 2 rings (SSSR count). The maximum atomic E-state index is 11.7. The molecular formula is C13H18N2O4S. The Morgan fingerprint density at radius 2 is 1.90 bits per heavy atom. The average Bonchev–Trinajstić information content (AvgIpc) is 2.70. The lowest BCUT2D eigenvalue weighted by Crippen LogP contribution is -2.31. The number of carbonyl (C=O) groups excluding carboxylic acids is 1. The second-order valence-electron chi connectivity index (χ2n) is 5.11. The van der Waals surface area contributed by atoms with Crippen LogP contribution in [0.4, 0.5) is 10.5 Å². The maximum Gasteiger partial charge on any atom is 0.410 e. The summed E-state index contributed by atoms with van der Waals surface area (Å²) in [5.74, 6) is 0. The molecule has 110 valence electrons. The summed E-state index contributed by atoms with van der Waals surface area (Å²) >= 11 is 0. The summed E-state index contributed by atoms with van der Waals surface area (Å²) in [6, 6.07) is 6.92. The van der Waals surface area contributed by atoms with Crippen molar-refractivity contribution in [3.63, 3.8) is 0 Å². The van der Waals surface area contributed by atoms with Gasteiger partial charge in [0.25, 0.3) is 0 Å². The van der Waals surface area contributed by atoms with Crippen LogP contribution in [0.25, 0.3) is 0 Å². The summed E-state index contributed by atoms with van der Waals surface area (Å²) in [4.78, 5) is 13.3. The Morgan fingerprint density at radius 1 is 1.30 bits per heavy atom. The molecule has 1 aromatic rings. The van der Waals surface area contributed by atoms with Crippen molar-refractivity contribution < 1.29 is 17.9 Å². The summed E-state index contributed by atoms with van der Waals surface area (Å²) in [5, 5.41) is 0. The number of ether oxygens (including phenoxy) is 1. The zero-order chi connectivity index (χ0) is 14.9. The van der Waals surface area contributed by atoms with Crippen LogP contribution >= 0.6 is 0 Å². The second-order valence-corrected chi connectivity index (χ2v) is 6.86. The first kappa shape index (κ1) is 14.6. The third kappa shape index (κ3) is 3.41. The van der Waals surface area contributed by atoms with E-state index in [1.165, 1.54) is 0 Å². The molecule has 1 aromatic carbocycles. The fourth-order valence-corrected chi connectivity index (χ4v) is 2.62. The number of anilines is 1. The van der Waals surface area contributed by atoms with E-state index in [0.29, 0.717) is 12.2 Å². The van der Waals surface area contributed by atoms with E-state index in [2.05, 4.69) is 4.72 Å². The highest BCUT2D eigenvalue weighted by molar-refractivity contribution is 7.92. The van der Waals surface area contributed by atoms with Gasteiger partial charge in [-0.15, -0.1) is 0 Å². The molecule has 1 amide bonds. The van der Waals surface area contributed by atoms with Crippen LogP contribution in [0.5, 0.6) is 0 Å². The van der Waals surface area contributed by atoms with E-state index in [9.17, 15) is 13.2 Å². The molecule has 0 spiro atoms. The summed E-state index contributed by atoms with van der Waals surface area (Å²) in [7, 11) is -3.28. The minimum Gasteiger partial charge on any atom is -0.439 e. The number of rotatable bonds is 4. The number of benzene rings is 1. The zero-order valence-electron chi connectivity index (χ0n) is 11.7. The number of nitrogens with one attached hydrogen (secondary N) is 1. The Morgan fingerprint density at radius 3 is 2.35 bits per heavy atom. The van der Waals surface area contributed by atoms with Gasteiger partial charge in [-0.05, 0) is 31.5 Å².